The first-order chi connectivity index (χ1) is 13.4. The first kappa shape index (κ1) is 19.3. The number of esters is 1. The van der Waals surface area contributed by atoms with Crippen molar-refractivity contribution >= 4 is 34.1 Å². The van der Waals surface area contributed by atoms with E-state index in [0.717, 1.165) is 11.3 Å². The van der Waals surface area contributed by atoms with Crippen molar-refractivity contribution in [3.05, 3.63) is 65.0 Å². The van der Waals surface area contributed by atoms with E-state index in [1.165, 1.54) is 43.3 Å². The van der Waals surface area contributed by atoms with Gasteiger partial charge in [-0.25, -0.2) is 9.18 Å². The summed E-state index contributed by atoms with van der Waals surface area (Å²) in [5.41, 5.74) is 5.58. The molecule has 3 aromatic rings. The Labute approximate surface area is 162 Å². The highest BCUT2D eigenvalue weighted by Gasteiger charge is 2.23. The van der Waals surface area contributed by atoms with Crippen LogP contribution < -0.4 is 11.1 Å². The molecule has 0 bridgehead atoms. The molecule has 7 nitrogen and oxygen atoms in total. The molecule has 0 saturated heterocycles. The molecular formula is C19H15FN2O5S. The van der Waals surface area contributed by atoms with Crippen molar-refractivity contribution in [2.24, 2.45) is 5.73 Å². The molecule has 0 aliphatic heterocycles. The highest BCUT2D eigenvalue weighted by molar-refractivity contribution is 7.14. The molecule has 0 unspecified atom stereocenters. The van der Waals surface area contributed by atoms with Gasteiger partial charge in [0.2, 0.25) is 5.76 Å². The number of halogens is 1. The average Bonchev–Trinajstić information content (AvgIpc) is 3.31. The summed E-state index contributed by atoms with van der Waals surface area (Å²) in [6.07, 6.45) is -1.17. The van der Waals surface area contributed by atoms with E-state index < -0.39 is 29.7 Å². The Morgan fingerprint density at radius 2 is 1.93 bits per heavy atom. The molecule has 2 aromatic heterocycles. The molecule has 9 heteroatoms. The van der Waals surface area contributed by atoms with Crippen LogP contribution in [0.5, 0.6) is 0 Å². The molecule has 3 rings (SSSR count). The average molecular weight is 402 g/mol. The molecular weight excluding hydrogens is 387 g/mol. The number of primary amides is 1. The van der Waals surface area contributed by atoms with Crippen molar-refractivity contribution in [1.29, 1.82) is 0 Å². The third kappa shape index (κ3) is 4.09. The Hall–Kier alpha value is -3.46. The zero-order chi connectivity index (χ0) is 20.3. The van der Waals surface area contributed by atoms with Gasteiger partial charge in [0, 0.05) is 0 Å². The summed E-state index contributed by atoms with van der Waals surface area (Å²) in [5, 5.41) is 4.35. The molecule has 0 fully saturated rings. The number of nitrogens with one attached hydrogen (secondary N) is 1. The lowest BCUT2D eigenvalue weighted by molar-refractivity contribution is -0.123. The van der Waals surface area contributed by atoms with Crippen molar-refractivity contribution in [3.8, 4) is 11.3 Å². The minimum Gasteiger partial charge on any atom is -0.449 e. The van der Waals surface area contributed by atoms with E-state index in [4.69, 9.17) is 14.9 Å². The highest BCUT2D eigenvalue weighted by atomic mass is 32.1. The van der Waals surface area contributed by atoms with Crippen molar-refractivity contribution < 1.29 is 27.9 Å². The van der Waals surface area contributed by atoms with Crippen LogP contribution in [-0.2, 0) is 9.53 Å². The van der Waals surface area contributed by atoms with Gasteiger partial charge in [0.15, 0.2) is 6.10 Å². The van der Waals surface area contributed by atoms with E-state index in [2.05, 4.69) is 5.32 Å². The standard InChI is InChI=1S/C19H15FN2O5S/c1-10(17(24)22-18-12(16(21)23)8-9-28-18)26-19(25)15-7-6-14(27-15)11-4-2-3-5-13(11)20/h2-10H,1H3,(H2,21,23)(H,22,24)/t10-/m0/s1. The van der Waals surface area contributed by atoms with Crippen molar-refractivity contribution in [2.45, 2.75) is 13.0 Å². The van der Waals surface area contributed by atoms with E-state index >= 15 is 0 Å². The van der Waals surface area contributed by atoms with Crippen LogP contribution in [0, 0.1) is 5.82 Å². The van der Waals surface area contributed by atoms with Gasteiger partial charge in [0.25, 0.3) is 11.8 Å². The number of ether oxygens (including phenoxy) is 1. The van der Waals surface area contributed by atoms with Crippen molar-refractivity contribution in [3.63, 3.8) is 0 Å². The molecule has 0 saturated carbocycles. The first-order valence-electron chi connectivity index (χ1n) is 8.10. The molecule has 0 aliphatic carbocycles. The van der Waals surface area contributed by atoms with Crippen molar-refractivity contribution in [2.75, 3.05) is 5.32 Å². The number of nitrogens with two attached hydrogens (primary N) is 1. The van der Waals surface area contributed by atoms with Gasteiger partial charge < -0.3 is 20.2 Å². The number of rotatable bonds is 6. The summed E-state index contributed by atoms with van der Waals surface area (Å²) in [5.74, 6) is -2.72. The summed E-state index contributed by atoms with van der Waals surface area (Å²) in [7, 11) is 0. The molecule has 2 amide bonds. The minimum absolute atomic E-state index is 0.159. The summed E-state index contributed by atoms with van der Waals surface area (Å²) in [6, 6.07) is 10.2. The Kier molecular flexibility index (Phi) is 5.55. The van der Waals surface area contributed by atoms with Crippen LogP contribution in [0.3, 0.4) is 0 Å². The minimum atomic E-state index is -1.17. The Balaban J connectivity index is 1.66. The summed E-state index contributed by atoms with van der Waals surface area (Å²) in [6.45, 7) is 1.37. The van der Waals surface area contributed by atoms with Gasteiger partial charge in [-0.1, -0.05) is 12.1 Å². The fourth-order valence-electron chi connectivity index (χ4n) is 2.34. The topological polar surface area (TPSA) is 112 Å². The van der Waals surface area contributed by atoms with Crippen LogP contribution in [0.25, 0.3) is 11.3 Å². The number of hydrogen-bond acceptors (Lipinski definition) is 6. The zero-order valence-electron chi connectivity index (χ0n) is 14.6. The number of benzene rings is 1. The fourth-order valence-corrected chi connectivity index (χ4v) is 3.13. The second kappa shape index (κ2) is 8.05. The highest BCUT2D eigenvalue weighted by Crippen LogP contribution is 2.26. The SMILES string of the molecule is C[C@H](OC(=O)c1ccc(-c2ccccc2F)o1)C(=O)Nc1sccc1C(N)=O. The Morgan fingerprint density at radius 1 is 1.18 bits per heavy atom. The van der Waals surface area contributed by atoms with Crippen LogP contribution in [0.15, 0.2) is 52.3 Å². The molecule has 0 radical (unpaired) electrons. The smallest absolute Gasteiger partial charge is 0.375 e. The summed E-state index contributed by atoms with van der Waals surface area (Å²) >= 11 is 1.11. The van der Waals surface area contributed by atoms with Gasteiger partial charge >= 0.3 is 5.97 Å². The molecule has 2 heterocycles. The maximum Gasteiger partial charge on any atom is 0.375 e. The van der Waals surface area contributed by atoms with E-state index in [9.17, 15) is 18.8 Å². The van der Waals surface area contributed by atoms with Gasteiger partial charge in [0.05, 0.1) is 11.1 Å². The molecule has 28 heavy (non-hydrogen) atoms. The molecule has 144 valence electrons. The normalized spacial score (nSPS) is 11.6. The van der Waals surface area contributed by atoms with Gasteiger partial charge in [-0.2, -0.15) is 0 Å². The molecule has 1 aromatic carbocycles. The number of furan rings is 1. The third-order valence-corrected chi connectivity index (χ3v) is 4.60. The lowest BCUT2D eigenvalue weighted by Crippen LogP contribution is -2.30. The molecule has 1 atom stereocenters. The Bertz CT molecular complexity index is 1040. The number of carbonyl (C=O) groups excluding carboxylic acids is 3. The number of amides is 2. The monoisotopic (exact) mass is 402 g/mol. The summed E-state index contributed by atoms with van der Waals surface area (Å²) in [4.78, 5) is 35.7. The van der Waals surface area contributed by atoms with Crippen molar-refractivity contribution in [1.82, 2.24) is 0 Å². The van der Waals surface area contributed by atoms with Crippen LogP contribution in [0.1, 0.15) is 27.8 Å². The number of thiophene rings is 1. The fraction of sp³-hybridized carbons (Fsp3) is 0.105. The van der Waals surface area contributed by atoms with E-state index in [1.54, 1.807) is 11.4 Å². The number of hydrogen-bond donors (Lipinski definition) is 2. The lowest BCUT2D eigenvalue weighted by Gasteiger charge is -2.12. The van der Waals surface area contributed by atoms with Gasteiger partial charge in [-0.15, -0.1) is 11.3 Å². The first-order valence-corrected chi connectivity index (χ1v) is 8.98. The summed E-state index contributed by atoms with van der Waals surface area (Å²) < 4.78 is 24.2. The predicted octanol–water partition coefficient (Wildman–Crippen LogP) is 3.43. The maximum absolute atomic E-state index is 13.8. The maximum atomic E-state index is 13.8. The van der Waals surface area contributed by atoms with Gasteiger partial charge in [-0.05, 0) is 42.6 Å². The predicted molar refractivity (Wildman–Crippen MR) is 100 cm³/mol. The van der Waals surface area contributed by atoms with E-state index in [1.807, 2.05) is 0 Å². The van der Waals surface area contributed by atoms with Gasteiger partial charge in [0.1, 0.15) is 16.6 Å². The van der Waals surface area contributed by atoms with Crippen LogP contribution in [0.2, 0.25) is 0 Å². The second-order valence-corrected chi connectivity index (χ2v) is 6.62. The van der Waals surface area contributed by atoms with Crippen LogP contribution in [-0.4, -0.2) is 23.9 Å². The van der Waals surface area contributed by atoms with E-state index in [0.29, 0.717) is 0 Å². The Morgan fingerprint density at radius 3 is 2.64 bits per heavy atom. The number of carbonyl (C=O) groups is 3. The van der Waals surface area contributed by atoms with E-state index in [-0.39, 0.29) is 27.6 Å². The van der Waals surface area contributed by atoms with Gasteiger partial charge in [-0.3, -0.25) is 9.59 Å². The lowest BCUT2D eigenvalue weighted by atomic mass is 10.1. The largest absolute Gasteiger partial charge is 0.449 e. The van der Waals surface area contributed by atoms with Crippen LogP contribution >= 0.6 is 11.3 Å². The second-order valence-electron chi connectivity index (χ2n) is 5.71. The quantitative estimate of drug-likeness (QED) is 0.614. The zero-order valence-corrected chi connectivity index (χ0v) is 15.4. The molecule has 0 aliphatic rings. The molecule has 0 spiro atoms. The molecule has 3 N–H and O–H groups in total. The van der Waals surface area contributed by atoms with Crippen LogP contribution in [0.4, 0.5) is 9.39 Å². The number of anilines is 1. The third-order valence-electron chi connectivity index (χ3n) is 3.77.